The molecule has 0 aromatic rings. The molecule has 1 heterocycles. The Labute approximate surface area is 111 Å². The molecule has 4 heteroatoms. The zero-order chi connectivity index (χ0) is 14.1. The van der Waals surface area contributed by atoms with Crippen molar-refractivity contribution in [3.05, 3.63) is 0 Å². The lowest BCUT2D eigenvalue weighted by molar-refractivity contribution is -0.145. The van der Waals surface area contributed by atoms with Gasteiger partial charge in [0.1, 0.15) is 0 Å². The lowest BCUT2D eigenvalue weighted by Crippen LogP contribution is -2.58. The second-order valence-corrected chi connectivity index (χ2v) is 6.80. The summed E-state index contributed by atoms with van der Waals surface area (Å²) in [6, 6.07) is 0.357. The van der Waals surface area contributed by atoms with E-state index in [2.05, 4.69) is 11.9 Å². The standard InChI is InChI=1S/C14H29N3O/c1-13(2,14(3,4)15)12(18)17(6)11-7-9-16(5)10-8-11/h11H,7-10,15H2,1-6H3. The molecule has 0 bridgehead atoms. The predicted octanol–water partition coefficient (Wildman–Crippen LogP) is 1.30. The summed E-state index contributed by atoms with van der Waals surface area (Å²) in [5.41, 5.74) is 5.10. The SMILES string of the molecule is CN1CCC(N(C)C(=O)C(C)(C)C(C)(C)N)CC1. The van der Waals surface area contributed by atoms with Gasteiger partial charge in [-0.3, -0.25) is 4.79 Å². The van der Waals surface area contributed by atoms with Gasteiger partial charge in [0.15, 0.2) is 0 Å². The van der Waals surface area contributed by atoms with E-state index in [0.717, 1.165) is 25.9 Å². The van der Waals surface area contributed by atoms with Crippen molar-refractivity contribution in [2.24, 2.45) is 11.1 Å². The Bertz CT molecular complexity index is 299. The van der Waals surface area contributed by atoms with Crippen molar-refractivity contribution in [2.45, 2.75) is 52.1 Å². The summed E-state index contributed by atoms with van der Waals surface area (Å²) in [4.78, 5) is 16.9. The van der Waals surface area contributed by atoms with Gasteiger partial charge in [0.25, 0.3) is 0 Å². The molecule has 0 spiro atoms. The number of hydrogen-bond donors (Lipinski definition) is 1. The molecule has 1 fully saturated rings. The molecule has 4 nitrogen and oxygen atoms in total. The van der Waals surface area contributed by atoms with Gasteiger partial charge >= 0.3 is 0 Å². The molecule has 0 unspecified atom stereocenters. The van der Waals surface area contributed by atoms with Crippen molar-refractivity contribution < 1.29 is 4.79 Å². The molecule has 2 N–H and O–H groups in total. The first-order valence-corrected chi connectivity index (χ1v) is 6.82. The maximum atomic E-state index is 12.6. The van der Waals surface area contributed by atoms with Gasteiger partial charge in [0.2, 0.25) is 5.91 Å². The summed E-state index contributed by atoms with van der Waals surface area (Å²) in [5.74, 6) is 0.157. The minimum Gasteiger partial charge on any atom is -0.342 e. The van der Waals surface area contributed by atoms with Gasteiger partial charge in [-0.25, -0.2) is 0 Å². The van der Waals surface area contributed by atoms with Gasteiger partial charge in [0, 0.05) is 18.6 Å². The van der Waals surface area contributed by atoms with E-state index in [9.17, 15) is 4.79 Å². The van der Waals surface area contributed by atoms with Crippen LogP contribution >= 0.6 is 0 Å². The molecule has 0 aromatic carbocycles. The normalized spacial score (nSPS) is 19.9. The average molecular weight is 255 g/mol. The fourth-order valence-corrected chi connectivity index (χ4v) is 2.26. The molecule has 0 saturated carbocycles. The van der Waals surface area contributed by atoms with Crippen LogP contribution in [0.4, 0.5) is 0 Å². The van der Waals surface area contributed by atoms with Crippen LogP contribution in [0.5, 0.6) is 0 Å². The number of carbonyl (C=O) groups is 1. The van der Waals surface area contributed by atoms with Crippen LogP contribution < -0.4 is 5.73 Å². The van der Waals surface area contributed by atoms with E-state index >= 15 is 0 Å². The zero-order valence-corrected chi connectivity index (χ0v) is 12.8. The summed E-state index contributed by atoms with van der Waals surface area (Å²) < 4.78 is 0. The van der Waals surface area contributed by atoms with Gasteiger partial charge in [-0.2, -0.15) is 0 Å². The molecule has 1 amide bonds. The van der Waals surface area contributed by atoms with Crippen LogP contribution in [-0.4, -0.2) is 54.5 Å². The van der Waals surface area contributed by atoms with Gasteiger partial charge < -0.3 is 15.5 Å². The molecule has 106 valence electrons. The smallest absolute Gasteiger partial charge is 0.230 e. The van der Waals surface area contributed by atoms with E-state index < -0.39 is 11.0 Å². The van der Waals surface area contributed by atoms with Crippen molar-refractivity contribution in [3.63, 3.8) is 0 Å². The average Bonchev–Trinajstić information content (AvgIpc) is 2.26. The number of likely N-dealkylation sites (tertiary alicyclic amines) is 1. The van der Waals surface area contributed by atoms with Crippen molar-refractivity contribution in [3.8, 4) is 0 Å². The zero-order valence-electron chi connectivity index (χ0n) is 12.8. The van der Waals surface area contributed by atoms with Crippen LogP contribution in [0, 0.1) is 5.41 Å². The van der Waals surface area contributed by atoms with E-state index in [0.29, 0.717) is 6.04 Å². The highest BCUT2D eigenvalue weighted by molar-refractivity contribution is 5.83. The summed E-state index contributed by atoms with van der Waals surface area (Å²) in [5, 5.41) is 0. The fraction of sp³-hybridized carbons (Fsp3) is 0.929. The maximum absolute atomic E-state index is 12.6. The Kier molecular flexibility index (Phi) is 4.44. The summed E-state index contributed by atoms with van der Waals surface area (Å²) in [6.45, 7) is 9.87. The fourth-order valence-electron chi connectivity index (χ4n) is 2.26. The van der Waals surface area contributed by atoms with Crippen molar-refractivity contribution in [1.29, 1.82) is 0 Å². The molecule has 0 aromatic heterocycles. The second-order valence-electron chi connectivity index (χ2n) is 6.80. The Balaban J connectivity index is 2.72. The molecule has 1 saturated heterocycles. The number of rotatable bonds is 3. The number of nitrogens with two attached hydrogens (primary N) is 1. The van der Waals surface area contributed by atoms with E-state index in [1.54, 1.807) is 0 Å². The first-order valence-electron chi connectivity index (χ1n) is 6.82. The first kappa shape index (κ1) is 15.4. The molecule has 18 heavy (non-hydrogen) atoms. The van der Waals surface area contributed by atoms with Crippen LogP contribution in [0.15, 0.2) is 0 Å². The number of hydrogen-bond acceptors (Lipinski definition) is 3. The Morgan fingerprint density at radius 2 is 1.67 bits per heavy atom. The van der Waals surface area contributed by atoms with Crippen LogP contribution in [0.1, 0.15) is 40.5 Å². The highest BCUT2D eigenvalue weighted by atomic mass is 16.2. The van der Waals surface area contributed by atoms with E-state index in [1.807, 2.05) is 39.6 Å². The first-order chi connectivity index (χ1) is 8.07. The number of piperidine rings is 1. The van der Waals surface area contributed by atoms with Gasteiger partial charge in [-0.05, 0) is 60.7 Å². The summed E-state index contributed by atoms with van der Waals surface area (Å²) >= 11 is 0. The van der Waals surface area contributed by atoms with E-state index in [4.69, 9.17) is 5.73 Å². The minimum atomic E-state index is -0.537. The topological polar surface area (TPSA) is 49.6 Å². The third kappa shape index (κ3) is 3.04. The van der Waals surface area contributed by atoms with Crippen molar-refractivity contribution in [2.75, 3.05) is 27.2 Å². The van der Waals surface area contributed by atoms with Crippen LogP contribution in [0.3, 0.4) is 0 Å². The lowest BCUT2D eigenvalue weighted by atomic mass is 9.74. The number of carbonyl (C=O) groups excluding carboxylic acids is 1. The third-order valence-corrected chi connectivity index (χ3v) is 4.70. The van der Waals surface area contributed by atoms with Gasteiger partial charge in [-0.15, -0.1) is 0 Å². The highest BCUT2D eigenvalue weighted by Gasteiger charge is 2.43. The quantitative estimate of drug-likeness (QED) is 0.827. The molecule has 0 atom stereocenters. The van der Waals surface area contributed by atoms with Crippen LogP contribution in [0.25, 0.3) is 0 Å². The van der Waals surface area contributed by atoms with Gasteiger partial charge in [-0.1, -0.05) is 0 Å². The minimum absolute atomic E-state index is 0.157. The largest absolute Gasteiger partial charge is 0.342 e. The maximum Gasteiger partial charge on any atom is 0.230 e. The van der Waals surface area contributed by atoms with Crippen LogP contribution in [0.2, 0.25) is 0 Å². The number of amides is 1. The molecule has 1 aliphatic rings. The Morgan fingerprint density at radius 3 is 2.06 bits per heavy atom. The Morgan fingerprint density at radius 1 is 1.22 bits per heavy atom. The van der Waals surface area contributed by atoms with Crippen molar-refractivity contribution in [1.82, 2.24) is 9.80 Å². The highest BCUT2D eigenvalue weighted by Crippen LogP contribution is 2.31. The van der Waals surface area contributed by atoms with E-state index in [-0.39, 0.29) is 5.91 Å². The van der Waals surface area contributed by atoms with Crippen molar-refractivity contribution >= 4 is 5.91 Å². The van der Waals surface area contributed by atoms with E-state index in [1.165, 1.54) is 0 Å². The summed E-state index contributed by atoms with van der Waals surface area (Å²) in [7, 11) is 4.05. The van der Waals surface area contributed by atoms with Crippen LogP contribution in [-0.2, 0) is 4.79 Å². The number of nitrogens with zero attached hydrogens (tertiary/aromatic N) is 2. The third-order valence-electron chi connectivity index (χ3n) is 4.70. The molecule has 0 aliphatic carbocycles. The Hall–Kier alpha value is -0.610. The lowest BCUT2D eigenvalue weighted by Gasteiger charge is -2.43. The second kappa shape index (κ2) is 5.17. The monoisotopic (exact) mass is 255 g/mol. The molecule has 1 aliphatic heterocycles. The molecule has 1 rings (SSSR count). The predicted molar refractivity (Wildman–Crippen MR) is 75.3 cm³/mol. The van der Waals surface area contributed by atoms with Gasteiger partial charge in [0.05, 0.1) is 5.41 Å². The molecular weight excluding hydrogens is 226 g/mol. The molecular formula is C14H29N3O. The molecule has 0 radical (unpaired) electrons. The summed E-state index contributed by atoms with van der Waals surface area (Å²) in [6.07, 6.45) is 2.11.